The van der Waals surface area contributed by atoms with E-state index in [1.165, 1.54) is 0 Å². The molecule has 1 aromatic carbocycles. The van der Waals surface area contributed by atoms with E-state index in [0.717, 1.165) is 6.42 Å². The van der Waals surface area contributed by atoms with Gasteiger partial charge in [-0.3, -0.25) is 4.79 Å². The molecule has 3 rings (SSSR count). The summed E-state index contributed by atoms with van der Waals surface area (Å²) in [5.41, 5.74) is 6.79. The molecule has 1 fully saturated rings. The third-order valence-electron chi connectivity index (χ3n) is 3.54. The van der Waals surface area contributed by atoms with Gasteiger partial charge in [0.2, 0.25) is 6.79 Å². The Morgan fingerprint density at radius 2 is 2.16 bits per heavy atom. The number of rotatable bonds is 2. The van der Waals surface area contributed by atoms with Crippen LogP contribution in [0.2, 0.25) is 0 Å². The van der Waals surface area contributed by atoms with E-state index in [2.05, 4.69) is 0 Å². The summed E-state index contributed by atoms with van der Waals surface area (Å²) in [5.74, 6) is 1.07. The van der Waals surface area contributed by atoms with Crippen molar-refractivity contribution in [3.63, 3.8) is 0 Å². The highest BCUT2D eigenvalue weighted by atomic mass is 16.7. The van der Waals surface area contributed by atoms with E-state index in [4.69, 9.17) is 19.9 Å². The first-order chi connectivity index (χ1) is 9.19. The first kappa shape index (κ1) is 12.1. The molecule has 0 spiro atoms. The molecule has 0 saturated carbocycles. The monoisotopic (exact) mass is 264 g/mol. The highest BCUT2D eigenvalue weighted by molar-refractivity contribution is 6.00. The van der Waals surface area contributed by atoms with Gasteiger partial charge in [0.05, 0.1) is 11.7 Å². The Morgan fingerprint density at radius 3 is 2.84 bits per heavy atom. The summed E-state index contributed by atoms with van der Waals surface area (Å²) >= 11 is 0. The highest BCUT2D eigenvalue weighted by Crippen LogP contribution is 2.36. The molecule has 1 saturated heterocycles. The third-order valence-corrected chi connectivity index (χ3v) is 3.54. The van der Waals surface area contributed by atoms with Crippen molar-refractivity contribution in [1.82, 2.24) is 4.90 Å². The summed E-state index contributed by atoms with van der Waals surface area (Å²) in [6, 6.07) is 3.29. The number of nitrogen functional groups attached to an aromatic ring is 1. The topological polar surface area (TPSA) is 74.0 Å². The number of amides is 1. The van der Waals surface area contributed by atoms with Crippen LogP contribution in [0.15, 0.2) is 12.1 Å². The van der Waals surface area contributed by atoms with Crippen molar-refractivity contribution in [2.75, 3.05) is 32.7 Å². The molecule has 6 nitrogen and oxygen atoms in total. The summed E-state index contributed by atoms with van der Waals surface area (Å²) in [5, 5.41) is 0. The van der Waals surface area contributed by atoms with Gasteiger partial charge < -0.3 is 24.8 Å². The number of hydrogen-bond acceptors (Lipinski definition) is 5. The molecule has 0 aliphatic carbocycles. The molecule has 2 N–H and O–H groups in total. The molecule has 6 heteroatoms. The van der Waals surface area contributed by atoms with Gasteiger partial charge in [-0.2, -0.15) is 0 Å². The molecule has 0 radical (unpaired) electrons. The number of nitrogens with zero attached hydrogens (tertiary/aromatic N) is 1. The Morgan fingerprint density at radius 1 is 1.42 bits per heavy atom. The van der Waals surface area contributed by atoms with Crippen molar-refractivity contribution in [2.24, 2.45) is 0 Å². The minimum absolute atomic E-state index is 0.0876. The molecule has 102 valence electrons. The van der Waals surface area contributed by atoms with Crippen molar-refractivity contribution in [1.29, 1.82) is 0 Å². The zero-order valence-corrected chi connectivity index (χ0v) is 10.7. The quantitative estimate of drug-likeness (QED) is 0.802. The zero-order chi connectivity index (χ0) is 13.4. The summed E-state index contributed by atoms with van der Waals surface area (Å²) in [7, 11) is 1.66. The van der Waals surface area contributed by atoms with E-state index in [1.54, 1.807) is 24.1 Å². The molecule has 1 amide bonds. The minimum Gasteiger partial charge on any atom is -0.454 e. The lowest BCUT2D eigenvalue weighted by molar-refractivity contribution is 0.0725. The van der Waals surface area contributed by atoms with E-state index >= 15 is 0 Å². The smallest absolute Gasteiger partial charge is 0.256 e. The maximum atomic E-state index is 12.4. The Balaban J connectivity index is 1.84. The van der Waals surface area contributed by atoms with Gasteiger partial charge in [-0.15, -0.1) is 0 Å². The van der Waals surface area contributed by atoms with Crippen LogP contribution in [0.25, 0.3) is 0 Å². The molecule has 0 bridgehead atoms. The fraction of sp³-hybridized carbons (Fsp3) is 0.462. The van der Waals surface area contributed by atoms with Gasteiger partial charge in [0, 0.05) is 32.0 Å². The Labute approximate surface area is 111 Å². The predicted molar refractivity (Wildman–Crippen MR) is 68.3 cm³/mol. The van der Waals surface area contributed by atoms with Crippen molar-refractivity contribution in [2.45, 2.75) is 12.5 Å². The van der Waals surface area contributed by atoms with Crippen LogP contribution in [0.4, 0.5) is 5.69 Å². The van der Waals surface area contributed by atoms with Gasteiger partial charge in [-0.1, -0.05) is 0 Å². The Bertz CT molecular complexity index is 518. The standard InChI is InChI=1S/C13H16N2O4/c1-17-8-2-3-15(6-8)13(16)9-4-11-12(5-10(9)14)19-7-18-11/h4-5,8H,2-3,6-7,14H2,1H3. The SMILES string of the molecule is COC1CCN(C(=O)c2cc3c(cc2N)OCO3)C1. The highest BCUT2D eigenvalue weighted by Gasteiger charge is 2.29. The van der Waals surface area contributed by atoms with Crippen LogP contribution in [0, 0.1) is 0 Å². The fourth-order valence-electron chi connectivity index (χ4n) is 2.42. The molecule has 1 unspecified atom stereocenters. The maximum Gasteiger partial charge on any atom is 0.256 e. The van der Waals surface area contributed by atoms with E-state index in [1.807, 2.05) is 0 Å². The summed E-state index contributed by atoms with van der Waals surface area (Å²) < 4.78 is 15.8. The molecule has 0 aromatic heterocycles. The van der Waals surface area contributed by atoms with Gasteiger partial charge in [0.1, 0.15) is 0 Å². The summed E-state index contributed by atoms with van der Waals surface area (Å²) in [6.07, 6.45) is 0.964. The van der Waals surface area contributed by atoms with E-state index < -0.39 is 0 Å². The maximum absolute atomic E-state index is 12.4. The molecule has 2 heterocycles. The van der Waals surface area contributed by atoms with E-state index in [0.29, 0.717) is 35.8 Å². The second kappa shape index (κ2) is 4.62. The average Bonchev–Trinajstić information content (AvgIpc) is 3.05. The number of likely N-dealkylation sites (tertiary alicyclic amines) is 1. The number of carbonyl (C=O) groups is 1. The minimum atomic E-state index is -0.0876. The van der Waals surface area contributed by atoms with Gasteiger partial charge >= 0.3 is 0 Å². The number of fused-ring (bicyclic) bond motifs is 1. The lowest BCUT2D eigenvalue weighted by atomic mass is 10.1. The second-order valence-electron chi connectivity index (χ2n) is 4.69. The number of ether oxygens (including phenoxy) is 3. The number of hydrogen-bond donors (Lipinski definition) is 1. The van der Waals surface area contributed by atoms with Gasteiger partial charge in [-0.05, 0) is 12.5 Å². The molecule has 19 heavy (non-hydrogen) atoms. The van der Waals surface area contributed by atoms with Crippen LogP contribution in [0.5, 0.6) is 11.5 Å². The second-order valence-corrected chi connectivity index (χ2v) is 4.69. The molecule has 1 atom stereocenters. The number of benzene rings is 1. The lowest BCUT2D eigenvalue weighted by Crippen LogP contribution is -2.30. The largest absolute Gasteiger partial charge is 0.454 e. The Kier molecular flexibility index (Phi) is 2.94. The van der Waals surface area contributed by atoms with Crippen molar-refractivity contribution in [3.8, 4) is 11.5 Å². The third kappa shape index (κ3) is 2.08. The van der Waals surface area contributed by atoms with Gasteiger partial charge in [0.15, 0.2) is 11.5 Å². The van der Waals surface area contributed by atoms with Crippen LogP contribution >= 0.6 is 0 Å². The van der Waals surface area contributed by atoms with Crippen LogP contribution in [0.3, 0.4) is 0 Å². The molecular weight excluding hydrogens is 248 g/mol. The number of carbonyl (C=O) groups excluding carboxylic acids is 1. The number of nitrogens with two attached hydrogens (primary N) is 1. The van der Waals surface area contributed by atoms with Crippen molar-refractivity contribution >= 4 is 11.6 Å². The van der Waals surface area contributed by atoms with Crippen LogP contribution in [-0.2, 0) is 4.74 Å². The van der Waals surface area contributed by atoms with Gasteiger partial charge in [-0.25, -0.2) is 0 Å². The molecule has 2 aliphatic heterocycles. The van der Waals surface area contributed by atoms with Crippen LogP contribution < -0.4 is 15.2 Å². The molecule has 1 aromatic rings. The van der Waals surface area contributed by atoms with E-state index in [-0.39, 0.29) is 18.8 Å². The number of methoxy groups -OCH3 is 1. The molecule has 2 aliphatic rings. The van der Waals surface area contributed by atoms with Crippen molar-refractivity contribution in [3.05, 3.63) is 17.7 Å². The van der Waals surface area contributed by atoms with Crippen LogP contribution in [-0.4, -0.2) is 43.9 Å². The first-order valence-electron chi connectivity index (χ1n) is 6.20. The first-order valence-corrected chi connectivity index (χ1v) is 6.20. The lowest BCUT2D eigenvalue weighted by Gasteiger charge is -2.17. The zero-order valence-electron chi connectivity index (χ0n) is 10.7. The fourth-order valence-corrected chi connectivity index (χ4v) is 2.42. The Hall–Kier alpha value is -1.95. The average molecular weight is 264 g/mol. The summed E-state index contributed by atoms with van der Waals surface area (Å²) in [4.78, 5) is 14.2. The number of anilines is 1. The molecular formula is C13H16N2O4. The summed E-state index contributed by atoms with van der Waals surface area (Å²) in [6.45, 7) is 1.45. The van der Waals surface area contributed by atoms with Crippen molar-refractivity contribution < 1.29 is 19.0 Å². The van der Waals surface area contributed by atoms with E-state index in [9.17, 15) is 4.79 Å². The normalized spacial score (nSPS) is 20.9. The predicted octanol–water partition coefficient (Wildman–Crippen LogP) is 0.858. The van der Waals surface area contributed by atoms with Crippen LogP contribution in [0.1, 0.15) is 16.8 Å². The van der Waals surface area contributed by atoms with Gasteiger partial charge in [0.25, 0.3) is 5.91 Å².